The van der Waals surface area contributed by atoms with E-state index in [2.05, 4.69) is 241 Å². The molecule has 0 aliphatic carbocycles. The van der Waals surface area contributed by atoms with Crippen LogP contribution in [0.4, 0.5) is 17.1 Å². The highest BCUT2D eigenvalue weighted by Gasteiger charge is 2.16. The Morgan fingerprint density at radius 1 is 0.186 bits per heavy atom. The fraction of sp³-hybridized carbons (Fsp3) is 0. The highest BCUT2D eigenvalue weighted by atomic mass is 15.1. The van der Waals surface area contributed by atoms with E-state index in [4.69, 9.17) is 0 Å². The lowest BCUT2D eigenvalue weighted by Crippen LogP contribution is -2.09. The highest BCUT2D eigenvalue weighted by molar-refractivity contribution is 6.09. The summed E-state index contributed by atoms with van der Waals surface area (Å²) in [7, 11) is 0. The Hall–Kier alpha value is -7.74. The standard InChI is InChI=1S/C58H39N/c1-3-11-40(12-4-1)49-36-50(41-13-5-2-6-14-41)38-51(37-49)43-25-30-53(31-26-43)59(54-32-34-58-48(39-54)22-20-45-16-8-10-18-56(45)58)52-28-23-42(24-29-52)46-27-33-57-47(35-46)21-19-44-15-7-9-17-55(44)57/h1-39H. The number of rotatable bonds is 7. The smallest absolute Gasteiger partial charge is 0.0468 e. The molecule has 1 nitrogen and oxygen atoms in total. The zero-order valence-electron chi connectivity index (χ0n) is 32.5. The van der Waals surface area contributed by atoms with Gasteiger partial charge in [-0.2, -0.15) is 0 Å². The quantitative estimate of drug-likeness (QED) is 0.147. The van der Waals surface area contributed by atoms with Crippen molar-refractivity contribution < 1.29 is 0 Å². The molecule has 0 amide bonds. The van der Waals surface area contributed by atoms with Crippen LogP contribution in [0.25, 0.3) is 87.6 Å². The summed E-state index contributed by atoms with van der Waals surface area (Å²) in [5.41, 5.74) is 12.9. The van der Waals surface area contributed by atoms with E-state index in [9.17, 15) is 0 Å². The van der Waals surface area contributed by atoms with Crippen molar-refractivity contribution in [3.63, 3.8) is 0 Å². The SMILES string of the molecule is c1ccc(-c2cc(-c3ccccc3)cc(-c3ccc(N(c4ccc(-c5ccc6c(ccc7ccccc76)c5)cc4)c4ccc5c(ccc6ccccc65)c4)cc3)c2)cc1. The Balaban J connectivity index is 1.00. The summed E-state index contributed by atoms with van der Waals surface area (Å²) in [6.45, 7) is 0. The first kappa shape index (κ1) is 34.5. The molecule has 11 rings (SSSR count). The third-order valence-electron chi connectivity index (χ3n) is 11.8. The maximum Gasteiger partial charge on any atom is 0.0468 e. The number of benzene rings is 11. The van der Waals surface area contributed by atoms with E-state index in [1.807, 2.05) is 0 Å². The molecular weight excluding hydrogens is 711 g/mol. The monoisotopic (exact) mass is 749 g/mol. The van der Waals surface area contributed by atoms with Gasteiger partial charge in [0.15, 0.2) is 0 Å². The molecule has 0 bridgehead atoms. The van der Waals surface area contributed by atoms with Gasteiger partial charge in [-0.15, -0.1) is 0 Å². The Bertz CT molecular complexity index is 3240. The van der Waals surface area contributed by atoms with Crippen LogP contribution >= 0.6 is 0 Å². The van der Waals surface area contributed by atoms with Gasteiger partial charge in [0.05, 0.1) is 0 Å². The van der Waals surface area contributed by atoms with E-state index in [1.165, 1.54) is 87.6 Å². The van der Waals surface area contributed by atoms with Crippen molar-refractivity contribution in [1.82, 2.24) is 0 Å². The lowest BCUT2D eigenvalue weighted by molar-refractivity contribution is 1.29. The van der Waals surface area contributed by atoms with Gasteiger partial charge in [-0.25, -0.2) is 0 Å². The summed E-state index contributed by atoms with van der Waals surface area (Å²) >= 11 is 0. The van der Waals surface area contributed by atoms with E-state index >= 15 is 0 Å². The highest BCUT2D eigenvalue weighted by Crippen LogP contribution is 2.40. The molecular formula is C58H39N. The first-order chi connectivity index (χ1) is 29.2. The van der Waals surface area contributed by atoms with Crippen molar-refractivity contribution in [2.45, 2.75) is 0 Å². The topological polar surface area (TPSA) is 3.24 Å². The maximum absolute atomic E-state index is 2.38. The van der Waals surface area contributed by atoms with Crippen LogP contribution in [0.3, 0.4) is 0 Å². The molecule has 0 N–H and O–H groups in total. The second-order valence-electron chi connectivity index (χ2n) is 15.4. The predicted octanol–water partition coefficient (Wildman–Crippen LogP) is 16.4. The summed E-state index contributed by atoms with van der Waals surface area (Å²) in [6.07, 6.45) is 0. The van der Waals surface area contributed by atoms with Crippen molar-refractivity contribution in [3.05, 3.63) is 237 Å². The fourth-order valence-corrected chi connectivity index (χ4v) is 8.77. The molecule has 0 aliphatic heterocycles. The molecule has 0 aromatic heterocycles. The minimum Gasteiger partial charge on any atom is -0.310 e. The number of hydrogen-bond acceptors (Lipinski definition) is 1. The lowest BCUT2D eigenvalue weighted by atomic mass is 9.93. The van der Waals surface area contributed by atoms with Gasteiger partial charge in [-0.3, -0.25) is 0 Å². The summed E-state index contributed by atoms with van der Waals surface area (Å²) in [5, 5.41) is 10.1. The van der Waals surface area contributed by atoms with Crippen molar-refractivity contribution in [2.75, 3.05) is 4.90 Å². The van der Waals surface area contributed by atoms with E-state index < -0.39 is 0 Å². The van der Waals surface area contributed by atoms with Crippen LogP contribution in [-0.2, 0) is 0 Å². The third-order valence-corrected chi connectivity index (χ3v) is 11.8. The molecule has 0 aliphatic rings. The Morgan fingerprint density at radius 3 is 1.07 bits per heavy atom. The van der Waals surface area contributed by atoms with Crippen molar-refractivity contribution in [2.24, 2.45) is 0 Å². The van der Waals surface area contributed by atoms with Gasteiger partial charge in [0.2, 0.25) is 0 Å². The van der Waals surface area contributed by atoms with Gasteiger partial charge in [0.25, 0.3) is 0 Å². The van der Waals surface area contributed by atoms with Crippen LogP contribution in [0, 0.1) is 0 Å². The van der Waals surface area contributed by atoms with E-state index in [-0.39, 0.29) is 0 Å². The summed E-state index contributed by atoms with van der Waals surface area (Å²) in [4.78, 5) is 2.38. The summed E-state index contributed by atoms with van der Waals surface area (Å²) in [5.74, 6) is 0. The zero-order chi connectivity index (χ0) is 39.1. The lowest BCUT2D eigenvalue weighted by Gasteiger charge is -2.26. The normalized spacial score (nSPS) is 11.4. The zero-order valence-corrected chi connectivity index (χ0v) is 32.5. The molecule has 0 saturated heterocycles. The maximum atomic E-state index is 2.38. The first-order valence-electron chi connectivity index (χ1n) is 20.3. The Kier molecular flexibility index (Phi) is 8.56. The summed E-state index contributed by atoms with van der Waals surface area (Å²) < 4.78 is 0. The average molecular weight is 750 g/mol. The molecule has 11 aromatic carbocycles. The predicted molar refractivity (Wildman–Crippen MR) is 253 cm³/mol. The first-order valence-corrected chi connectivity index (χ1v) is 20.3. The molecule has 0 radical (unpaired) electrons. The fourth-order valence-electron chi connectivity index (χ4n) is 8.77. The van der Waals surface area contributed by atoms with Gasteiger partial charge in [-0.05, 0) is 148 Å². The van der Waals surface area contributed by atoms with E-state index in [0.717, 1.165) is 17.1 Å². The van der Waals surface area contributed by atoms with E-state index in [1.54, 1.807) is 0 Å². The van der Waals surface area contributed by atoms with Crippen LogP contribution in [0.1, 0.15) is 0 Å². The van der Waals surface area contributed by atoms with Gasteiger partial charge >= 0.3 is 0 Å². The molecule has 1 heteroatoms. The average Bonchev–Trinajstić information content (AvgIpc) is 3.32. The van der Waals surface area contributed by atoms with Gasteiger partial charge in [-0.1, -0.05) is 176 Å². The molecule has 0 unspecified atom stereocenters. The number of hydrogen-bond donors (Lipinski definition) is 0. The van der Waals surface area contributed by atoms with Gasteiger partial charge < -0.3 is 4.90 Å². The molecule has 0 atom stereocenters. The number of nitrogens with zero attached hydrogens (tertiary/aromatic N) is 1. The van der Waals surface area contributed by atoms with E-state index in [0.29, 0.717) is 0 Å². The number of anilines is 3. The van der Waals surface area contributed by atoms with Gasteiger partial charge in [0, 0.05) is 17.1 Å². The minimum absolute atomic E-state index is 1.10. The van der Waals surface area contributed by atoms with Crippen LogP contribution < -0.4 is 4.90 Å². The second kappa shape index (κ2) is 14.6. The van der Waals surface area contributed by atoms with Gasteiger partial charge in [0.1, 0.15) is 0 Å². The Morgan fingerprint density at radius 2 is 0.542 bits per heavy atom. The largest absolute Gasteiger partial charge is 0.310 e. The molecule has 0 saturated carbocycles. The molecule has 0 fully saturated rings. The van der Waals surface area contributed by atoms with Crippen LogP contribution in [0.5, 0.6) is 0 Å². The molecule has 11 aromatic rings. The van der Waals surface area contributed by atoms with Crippen LogP contribution in [0.2, 0.25) is 0 Å². The minimum atomic E-state index is 1.10. The van der Waals surface area contributed by atoms with Crippen LogP contribution in [0.15, 0.2) is 237 Å². The molecule has 0 spiro atoms. The second-order valence-corrected chi connectivity index (χ2v) is 15.4. The Labute approximate surface area is 344 Å². The van der Waals surface area contributed by atoms with Crippen molar-refractivity contribution >= 4 is 60.2 Å². The van der Waals surface area contributed by atoms with Crippen molar-refractivity contribution in [3.8, 4) is 44.5 Å². The molecule has 276 valence electrons. The molecule has 59 heavy (non-hydrogen) atoms. The van der Waals surface area contributed by atoms with Crippen LogP contribution in [-0.4, -0.2) is 0 Å². The molecule has 0 heterocycles. The number of fused-ring (bicyclic) bond motifs is 6. The van der Waals surface area contributed by atoms with Crippen molar-refractivity contribution in [1.29, 1.82) is 0 Å². The third kappa shape index (κ3) is 6.49. The summed E-state index contributed by atoms with van der Waals surface area (Å²) in [6, 6.07) is 86.3.